The number of rotatable bonds is 6. The van der Waals surface area contributed by atoms with E-state index in [1.165, 1.54) is 18.2 Å². The maximum absolute atomic E-state index is 11.7. The first-order chi connectivity index (χ1) is 8.71. The molecule has 0 bridgehead atoms. The van der Waals surface area contributed by atoms with Gasteiger partial charge in [0.2, 0.25) is 10.0 Å². The summed E-state index contributed by atoms with van der Waals surface area (Å²) < 4.78 is 64.8. The van der Waals surface area contributed by atoms with Crippen molar-refractivity contribution >= 4 is 10.0 Å². The van der Waals surface area contributed by atoms with Gasteiger partial charge in [-0.05, 0) is 18.2 Å². The zero-order valence-electron chi connectivity index (χ0n) is 9.64. The van der Waals surface area contributed by atoms with Crippen LogP contribution in [0.15, 0.2) is 29.2 Å². The Morgan fingerprint density at radius 1 is 1.32 bits per heavy atom. The Bertz CT molecular complexity index is 516. The van der Waals surface area contributed by atoms with Gasteiger partial charge in [-0.2, -0.15) is 13.2 Å². The molecule has 1 aromatic rings. The number of hydrogen-bond donors (Lipinski definition) is 2. The summed E-state index contributed by atoms with van der Waals surface area (Å²) in [6.45, 7) is -2.13. The maximum Gasteiger partial charge on any atom is 0.411 e. The maximum atomic E-state index is 11.7. The highest BCUT2D eigenvalue weighted by molar-refractivity contribution is 7.89. The molecule has 0 aliphatic carbocycles. The summed E-state index contributed by atoms with van der Waals surface area (Å²) in [5.74, 6) is -0.226. The molecule has 1 aromatic carbocycles. The Kier molecular flexibility index (Phi) is 5.15. The predicted molar refractivity (Wildman–Crippen MR) is 60.2 cm³/mol. The minimum absolute atomic E-state index is 0.177. The van der Waals surface area contributed by atoms with E-state index in [0.717, 1.165) is 6.07 Å². The number of hydrogen-bond acceptors (Lipinski definition) is 4. The highest BCUT2D eigenvalue weighted by Gasteiger charge is 2.27. The largest absolute Gasteiger partial charge is 0.508 e. The van der Waals surface area contributed by atoms with Crippen LogP contribution in [-0.4, -0.2) is 39.5 Å². The van der Waals surface area contributed by atoms with Gasteiger partial charge in [0.15, 0.2) is 0 Å². The van der Waals surface area contributed by atoms with E-state index < -0.39 is 29.4 Å². The van der Waals surface area contributed by atoms with Gasteiger partial charge in [0.05, 0.1) is 11.5 Å². The van der Waals surface area contributed by atoms with E-state index >= 15 is 0 Å². The van der Waals surface area contributed by atoms with Gasteiger partial charge in [-0.1, -0.05) is 6.07 Å². The standard InChI is InChI=1S/C10H12F3NO4S/c11-10(12,13)7-18-5-4-14-19(16,17)9-3-1-2-8(15)6-9/h1-3,6,14-15H,4-5,7H2. The van der Waals surface area contributed by atoms with Crippen LogP contribution < -0.4 is 4.72 Å². The van der Waals surface area contributed by atoms with Crippen molar-refractivity contribution in [2.45, 2.75) is 11.1 Å². The highest BCUT2D eigenvalue weighted by atomic mass is 32.2. The fourth-order valence-electron chi connectivity index (χ4n) is 1.17. The first kappa shape index (κ1) is 15.7. The van der Waals surface area contributed by atoms with Gasteiger partial charge in [0.25, 0.3) is 0 Å². The summed E-state index contributed by atoms with van der Waals surface area (Å²) in [5, 5.41) is 9.13. The van der Waals surface area contributed by atoms with E-state index in [4.69, 9.17) is 5.11 Å². The number of benzene rings is 1. The molecule has 0 spiro atoms. The zero-order chi connectivity index (χ0) is 14.5. The van der Waals surface area contributed by atoms with Gasteiger partial charge in [-0.15, -0.1) is 0 Å². The summed E-state index contributed by atoms with van der Waals surface area (Å²) in [6, 6.07) is 4.91. The summed E-state index contributed by atoms with van der Waals surface area (Å²) >= 11 is 0. The molecule has 0 aliphatic rings. The minimum atomic E-state index is -4.44. The van der Waals surface area contributed by atoms with Crippen LogP contribution in [0.5, 0.6) is 5.75 Å². The second-order valence-corrected chi connectivity index (χ2v) is 5.33. The molecule has 108 valence electrons. The summed E-state index contributed by atoms with van der Waals surface area (Å²) in [5.41, 5.74) is 0. The summed E-state index contributed by atoms with van der Waals surface area (Å²) in [4.78, 5) is -0.177. The van der Waals surface area contributed by atoms with Crippen molar-refractivity contribution in [2.75, 3.05) is 19.8 Å². The number of halogens is 3. The second kappa shape index (κ2) is 6.22. The van der Waals surface area contributed by atoms with Gasteiger partial charge in [0.1, 0.15) is 12.4 Å². The number of phenolic OH excluding ortho intramolecular Hbond substituents is 1. The SMILES string of the molecule is O=S(=O)(NCCOCC(F)(F)F)c1cccc(O)c1. The lowest BCUT2D eigenvalue weighted by atomic mass is 10.3. The number of aromatic hydroxyl groups is 1. The molecule has 0 heterocycles. The molecule has 0 radical (unpaired) electrons. The number of phenols is 1. The molecule has 2 N–H and O–H groups in total. The first-order valence-corrected chi connectivity index (χ1v) is 6.62. The van der Waals surface area contributed by atoms with Gasteiger partial charge < -0.3 is 9.84 Å². The molecule has 0 amide bonds. The fraction of sp³-hybridized carbons (Fsp3) is 0.400. The lowest BCUT2D eigenvalue weighted by molar-refractivity contribution is -0.173. The van der Waals surface area contributed by atoms with Gasteiger partial charge in [0, 0.05) is 6.54 Å². The minimum Gasteiger partial charge on any atom is -0.508 e. The normalized spacial score (nSPS) is 12.6. The molecule has 5 nitrogen and oxygen atoms in total. The quantitative estimate of drug-likeness (QED) is 0.775. The van der Waals surface area contributed by atoms with Crippen LogP contribution in [0.3, 0.4) is 0 Å². The third-order valence-corrected chi connectivity index (χ3v) is 3.39. The van der Waals surface area contributed by atoms with Crippen LogP contribution >= 0.6 is 0 Å². The number of ether oxygens (including phenoxy) is 1. The lowest BCUT2D eigenvalue weighted by Gasteiger charge is -2.09. The van der Waals surface area contributed by atoms with Crippen LogP contribution in [0.1, 0.15) is 0 Å². The van der Waals surface area contributed by atoms with Crippen molar-refractivity contribution in [1.82, 2.24) is 4.72 Å². The van der Waals surface area contributed by atoms with Crippen molar-refractivity contribution in [3.05, 3.63) is 24.3 Å². The van der Waals surface area contributed by atoms with Crippen molar-refractivity contribution in [3.8, 4) is 5.75 Å². The lowest BCUT2D eigenvalue weighted by Crippen LogP contribution is -2.29. The van der Waals surface area contributed by atoms with Crippen molar-refractivity contribution in [3.63, 3.8) is 0 Å². The molecule has 0 aliphatic heterocycles. The topological polar surface area (TPSA) is 75.6 Å². The third-order valence-electron chi connectivity index (χ3n) is 1.93. The molecule has 0 saturated heterocycles. The van der Waals surface area contributed by atoms with E-state index in [9.17, 15) is 21.6 Å². The van der Waals surface area contributed by atoms with E-state index in [2.05, 4.69) is 9.46 Å². The Morgan fingerprint density at radius 3 is 2.58 bits per heavy atom. The van der Waals surface area contributed by atoms with Gasteiger partial charge in [-0.3, -0.25) is 0 Å². The van der Waals surface area contributed by atoms with Crippen LogP contribution in [0.25, 0.3) is 0 Å². The van der Waals surface area contributed by atoms with E-state index in [1.54, 1.807) is 0 Å². The van der Waals surface area contributed by atoms with E-state index in [0.29, 0.717) is 0 Å². The molecular weight excluding hydrogens is 287 g/mol. The molecule has 0 aromatic heterocycles. The van der Waals surface area contributed by atoms with Crippen LogP contribution in [0.2, 0.25) is 0 Å². The molecule has 1 rings (SSSR count). The van der Waals surface area contributed by atoms with Crippen LogP contribution in [0, 0.1) is 0 Å². The Hall–Kier alpha value is -1.32. The first-order valence-electron chi connectivity index (χ1n) is 5.14. The molecule has 0 atom stereocenters. The van der Waals surface area contributed by atoms with E-state index in [-0.39, 0.29) is 17.2 Å². The summed E-state index contributed by atoms with van der Waals surface area (Å²) in [7, 11) is -3.87. The second-order valence-electron chi connectivity index (χ2n) is 3.56. The van der Waals surface area contributed by atoms with Crippen LogP contribution in [0.4, 0.5) is 13.2 Å². The average molecular weight is 299 g/mol. The highest BCUT2D eigenvalue weighted by Crippen LogP contribution is 2.16. The van der Waals surface area contributed by atoms with E-state index in [1.807, 2.05) is 0 Å². The Labute approximate surface area is 108 Å². The third kappa shape index (κ3) is 5.90. The molecule has 9 heteroatoms. The molecule has 0 saturated carbocycles. The zero-order valence-corrected chi connectivity index (χ0v) is 10.5. The number of alkyl halides is 3. The predicted octanol–water partition coefficient (Wildman–Crippen LogP) is 1.25. The molecular formula is C10H12F3NO4S. The van der Waals surface area contributed by atoms with Gasteiger partial charge >= 0.3 is 6.18 Å². The smallest absolute Gasteiger partial charge is 0.411 e. The van der Waals surface area contributed by atoms with Crippen molar-refractivity contribution in [2.24, 2.45) is 0 Å². The number of sulfonamides is 1. The van der Waals surface area contributed by atoms with Gasteiger partial charge in [-0.25, -0.2) is 13.1 Å². The van der Waals surface area contributed by atoms with Crippen molar-refractivity contribution in [1.29, 1.82) is 0 Å². The fourth-order valence-corrected chi connectivity index (χ4v) is 2.22. The summed E-state index contributed by atoms with van der Waals surface area (Å²) in [6.07, 6.45) is -4.44. The Balaban J connectivity index is 2.44. The molecule has 0 unspecified atom stereocenters. The van der Waals surface area contributed by atoms with Crippen LogP contribution in [-0.2, 0) is 14.8 Å². The average Bonchev–Trinajstić information content (AvgIpc) is 2.27. The number of nitrogens with one attached hydrogen (secondary N) is 1. The van der Waals surface area contributed by atoms with Crippen molar-refractivity contribution < 1.29 is 31.4 Å². The molecule has 0 fully saturated rings. The Morgan fingerprint density at radius 2 is 2.00 bits per heavy atom. The molecule has 19 heavy (non-hydrogen) atoms. The monoisotopic (exact) mass is 299 g/mol.